The molecule has 0 aliphatic rings. The lowest BCUT2D eigenvalue weighted by Gasteiger charge is -2.14. The van der Waals surface area contributed by atoms with Crippen LogP contribution in [-0.4, -0.2) is 21.5 Å². The molecule has 0 spiro atoms. The molecule has 0 heterocycles. The van der Waals surface area contributed by atoms with Gasteiger partial charge in [-0.15, -0.1) is 0 Å². The van der Waals surface area contributed by atoms with Crippen LogP contribution in [0.4, 0.5) is 0 Å². The molecule has 0 aromatic heterocycles. The van der Waals surface area contributed by atoms with Crippen molar-refractivity contribution in [1.82, 2.24) is 0 Å². The molecule has 5 heteroatoms. The van der Waals surface area contributed by atoms with Gasteiger partial charge in [0.05, 0.1) is 0 Å². The number of rotatable bonds is 4. The first-order valence-corrected chi connectivity index (χ1v) is 5.17. The van der Waals surface area contributed by atoms with Crippen molar-refractivity contribution in [1.29, 1.82) is 0 Å². The van der Waals surface area contributed by atoms with Crippen LogP contribution in [0.3, 0.4) is 0 Å². The Morgan fingerprint density at radius 2 is 1.44 bits per heavy atom. The maximum absolute atomic E-state index is 9.71. The third kappa shape index (κ3) is 3.72. The van der Waals surface area contributed by atoms with Crippen molar-refractivity contribution in [2.45, 2.75) is 13.1 Å². The van der Waals surface area contributed by atoms with Gasteiger partial charge in [0.25, 0.3) is 12.9 Å². The van der Waals surface area contributed by atoms with Gasteiger partial charge in [-0.05, 0) is 0 Å². The van der Waals surface area contributed by atoms with E-state index in [0.29, 0.717) is 0 Å². The summed E-state index contributed by atoms with van der Waals surface area (Å²) in [6, 6.07) is 0. The predicted molar refractivity (Wildman–Crippen MR) is 31.8 cm³/mol. The largest absolute Gasteiger partial charge is 0.487 e. The van der Waals surface area contributed by atoms with Crippen LogP contribution in [0.2, 0.25) is 13.1 Å². The number of hydrogen-bond donors (Lipinski definition) is 0. The van der Waals surface area contributed by atoms with Crippen molar-refractivity contribution >= 4 is 21.5 Å². The van der Waals surface area contributed by atoms with Crippen LogP contribution >= 0.6 is 0 Å². The molecule has 0 aromatic rings. The van der Waals surface area contributed by atoms with Crippen LogP contribution < -0.4 is 0 Å². The van der Waals surface area contributed by atoms with Gasteiger partial charge in [0, 0.05) is 13.1 Å². The zero-order chi connectivity index (χ0) is 7.33. The summed E-state index contributed by atoms with van der Waals surface area (Å²) in [6.07, 6.45) is 0. The fourth-order valence-electron chi connectivity index (χ4n) is 0.260. The molecule has 0 atom stereocenters. The highest BCUT2D eigenvalue weighted by atomic mass is 28.4. The Kier molecular flexibility index (Phi) is 2.93. The molecule has 0 aromatic carbocycles. The van der Waals surface area contributed by atoms with E-state index in [1.54, 1.807) is 13.1 Å². The van der Waals surface area contributed by atoms with E-state index in [-0.39, 0.29) is 12.9 Å². The molecular formula is C4H8O4Si. The molecule has 0 bridgehead atoms. The second kappa shape index (κ2) is 3.24. The number of carbonyl (C=O) groups excluding carboxylic acids is 2. The first kappa shape index (κ1) is 8.16. The van der Waals surface area contributed by atoms with Crippen molar-refractivity contribution in [2.75, 3.05) is 0 Å². The molecule has 0 aliphatic heterocycles. The Morgan fingerprint density at radius 3 is 1.67 bits per heavy atom. The summed E-state index contributed by atoms with van der Waals surface area (Å²) >= 11 is 0. The van der Waals surface area contributed by atoms with E-state index < -0.39 is 8.56 Å². The van der Waals surface area contributed by atoms with E-state index in [1.807, 2.05) is 0 Å². The van der Waals surface area contributed by atoms with Gasteiger partial charge < -0.3 is 8.85 Å². The van der Waals surface area contributed by atoms with Crippen LogP contribution in [0.25, 0.3) is 0 Å². The zero-order valence-electron chi connectivity index (χ0n) is 5.29. The Balaban J connectivity index is 3.68. The highest BCUT2D eigenvalue weighted by Gasteiger charge is 2.26. The maximum atomic E-state index is 9.71. The minimum Gasteiger partial charge on any atom is -0.487 e. The van der Waals surface area contributed by atoms with E-state index in [2.05, 4.69) is 8.85 Å². The molecule has 0 aliphatic carbocycles. The molecule has 0 rings (SSSR count). The lowest BCUT2D eigenvalue weighted by Crippen LogP contribution is -2.33. The van der Waals surface area contributed by atoms with Crippen molar-refractivity contribution < 1.29 is 18.4 Å². The van der Waals surface area contributed by atoms with Gasteiger partial charge in [0.1, 0.15) is 0 Å². The Hall–Kier alpha value is -0.843. The molecule has 0 N–H and O–H groups in total. The zero-order valence-corrected chi connectivity index (χ0v) is 6.29. The summed E-state index contributed by atoms with van der Waals surface area (Å²) in [5.74, 6) is 0. The molecule has 0 unspecified atom stereocenters. The van der Waals surface area contributed by atoms with E-state index in [4.69, 9.17) is 0 Å². The molecule has 0 saturated heterocycles. The first-order valence-electron chi connectivity index (χ1n) is 2.35. The molecule has 52 valence electrons. The van der Waals surface area contributed by atoms with E-state index >= 15 is 0 Å². The van der Waals surface area contributed by atoms with Gasteiger partial charge in [0.2, 0.25) is 0 Å². The number of carbonyl (C=O) groups is 2. The summed E-state index contributed by atoms with van der Waals surface area (Å²) in [5, 5.41) is 0. The van der Waals surface area contributed by atoms with Crippen molar-refractivity contribution in [3.63, 3.8) is 0 Å². The van der Waals surface area contributed by atoms with Gasteiger partial charge in [-0.25, -0.2) is 0 Å². The van der Waals surface area contributed by atoms with Crippen LogP contribution in [0.15, 0.2) is 0 Å². The topological polar surface area (TPSA) is 52.6 Å². The molecule has 0 radical (unpaired) electrons. The van der Waals surface area contributed by atoms with E-state index in [1.165, 1.54) is 0 Å². The fourth-order valence-corrected chi connectivity index (χ4v) is 0.779. The fraction of sp³-hybridized carbons (Fsp3) is 0.500. The monoisotopic (exact) mass is 148 g/mol. The summed E-state index contributed by atoms with van der Waals surface area (Å²) < 4.78 is 8.95. The van der Waals surface area contributed by atoms with E-state index in [9.17, 15) is 9.59 Å². The van der Waals surface area contributed by atoms with Crippen LogP contribution in [0, 0.1) is 0 Å². The molecule has 4 nitrogen and oxygen atoms in total. The third-order valence-corrected chi connectivity index (χ3v) is 1.99. The second-order valence-corrected chi connectivity index (χ2v) is 5.10. The van der Waals surface area contributed by atoms with Gasteiger partial charge in [0.15, 0.2) is 0 Å². The van der Waals surface area contributed by atoms with Crippen LogP contribution in [-0.2, 0) is 18.4 Å². The van der Waals surface area contributed by atoms with Gasteiger partial charge in [-0.2, -0.15) is 0 Å². The Bertz CT molecular complexity index is 99.1. The predicted octanol–water partition coefficient (Wildman–Crippen LogP) is 0.0342. The molecule has 0 amide bonds. The van der Waals surface area contributed by atoms with Crippen LogP contribution in [0.1, 0.15) is 0 Å². The van der Waals surface area contributed by atoms with Crippen molar-refractivity contribution in [3.8, 4) is 0 Å². The number of hydrogen-bond acceptors (Lipinski definition) is 4. The summed E-state index contributed by atoms with van der Waals surface area (Å²) in [4.78, 5) is 19.4. The SMILES string of the molecule is C[Si](C)(OC=O)OC=O. The molecular weight excluding hydrogens is 140 g/mol. The van der Waals surface area contributed by atoms with Gasteiger partial charge in [-0.3, -0.25) is 9.59 Å². The third-order valence-electron chi connectivity index (χ3n) is 0.664. The first-order chi connectivity index (χ1) is 4.12. The lowest BCUT2D eigenvalue weighted by atomic mass is 11.7. The standard InChI is InChI=1S/C4H8O4Si/c1-9(2,7-3-5)8-4-6/h3-4H,1-2H3. The minimum absolute atomic E-state index is 0.287. The smallest absolute Gasteiger partial charge is 0.457 e. The highest BCUT2D eigenvalue weighted by molar-refractivity contribution is 6.66. The minimum atomic E-state index is -2.44. The van der Waals surface area contributed by atoms with Crippen molar-refractivity contribution in [3.05, 3.63) is 0 Å². The maximum Gasteiger partial charge on any atom is 0.457 e. The Morgan fingerprint density at radius 1 is 1.11 bits per heavy atom. The van der Waals surface area contributed by atoms with Gasteiger partial charge >= 0.3 is 8.56 Å². The average Bonchev–Trinajstić information content (AvgIpc) is 1.64. The molecule has 0 saturated carbocycles. The van der Waals surface area contributed by atoms with Crippen LogP contribution in [0.5, 0.6) is 0 Å². The highest BCUT2D eigenvalue weighted by Crippen LogP contribution is 2.01. The summed E-state index contributed by atoms with van der Waals surface area (Å²) in [6.45, 7) is 3.76. The van der Waals surface area contributed by atoms with E-state index in [0.717, 1.165) is 0 Å². The quantitative estimate of drug-likeness (QED) is 0.417. The summed E-state index contributed by atoms with van der Waals surface area (Å²) in [7, 11) is -2.44. The molecule has 9 heavy (non-hydrogen) atoms. The van der Waals surface area contributed by atoms with Crippen molar-refractivity contribution in [2.24, 2.45) is 0 Å². The lowest BCUT2D eigenvalue weighted by molar-refractivity contribution is -0.126. The normalized spacial score (nSPS) is 10.0. The van der Waals surface area contributed by atoms with Gasteiger partial charge in [-0.1, -0.05) is 0 Å². The molecule has 0 fully saturated rings. The summed E-state index contributed by atoms with van der Waals surface area (Å²) in [5.41, 5.74) is 0. The average molecular weight is 148 g/mol. The second-order valence-electron chi connectivity index (χ2n) is 1.83. The Labute approximate surface area is 54.0 Å².